The first kappa shape index (κ1) is 42.3. The normalized spacial score (nSPS) is 18.6. The van der Waals surface area contributed by atoms with E-state index in [9.17, 15) is 10.2 Å². The molecule has 2 aromatic carbocycles. The molecule has 4 aliphatic heterocycles. The second-order valence-electron chi connectivity index (χ2n) is 17.2. The Bertz CT molecular complexity index is 2850. The third kappa shape index (κ3) is 7.14. The minimum absolute atomic E-state index is 0.0170. The maximum atomic E-state index is 15.5. The lowest BCUT2D eigenvalue weighted by Gasteiger charge is -2.41. The number of urea groups is 2. The number of hydrogen-bond donors (Lipinski definition) is 2. The topological polar surface area (TPSA) is 206 Å². The zero-order valence-electron chi connectivity index (χ0n) is 36.4. The molecule has 10 rings (SSSR count). The number of hydrogen-bond acceptors (Lipinski definition) is 14. The van der Waals surface area contributed by atoms with Crippen molar-refractivity contribution in [3.63, 3.8) is 0 Å². The number of aromatic hydroxyl groups is 2. The van der Waals surface area contributed by atoms with Crippen LogP contribution in [0.3, 0.4) is 0 Å². The molecule has 4 aliphatic rings. The van der Waals surface area contributed by atoms with Crippen LogP contribution in [-0.4, -0.2) is 111 Å². The first-order valence-corrected chi connectivity index (χ1v) is 21.8. The standard InChI is InChI=1S/C48H46N12O6/c1-31-8-6-18-49-35(31)29-55-20-14-47(15-21-55)43(63)57(45(65)59(47)39-25-53-41(61)27-51-39)37-13-12-34(33-10-4-3-5-11-33)24-38(37)58-44(64)48(60(46(58)66)40-26-54-42(62)28-52-40)16-22-56(23-17-48)30-36-32(2)9-7-19-50-36/h3-13,18-19,24-28H,14-17,20-23,29-30H2,1-2H3,(H,53,61)(H,54,62). The Morgan fingerprint density at radius 1 is 0.515 bits per heavy atom. The number of nitrogens with zero attached hydrogens (tertiary/aromatic N) is 12. The molecule has 2 spiro atoms. The Labute approximate surface area is 379 Å². The lowest BCUT2D eigenvalue weighted by Crippen LogP contribution is -2.57. The Morgan fingerprint density at radius 3 is 1.42 bits per heavy atom. The Balaban J connectivity index is 1.07. The number of carbonyl (C=O) groups excluding carboxylic acids is 4. The number of carbonyl (C=O) groups is 4. The minimum atomic E-state index is -1.45. The number of benzene rings is 2. The highest BCUT2D eigenvalue weighted by atomic mass is 16.3. The van der Waals surface area contributed by atoms with Gasteiger partial charge in [0, 0.05) is 51.7 Å². The van der Waals surface area contributed by atoms with Gasteiger partial charge < -0.3 is 10.2 Å². The van der Waals surface area contributed by atoms with E-state index in [2.05, 4.69) is 39.7 Å². The van der Waals surface area contributed by atoms with Gasteiger partial charge in [0.2, 0.25) is 11.8 Å². The van der Waals surface area contributed by atoms with Gasteiger partial charge in [-0.2, -0.15) is 0 Å². The molecule has 18 nitrogen and oxygen atoms in total. The van der Waals surface area contributed by atoms with E-state index >= 15 is 19.2 Å². The van der Waals surface area contributed by atoms with E-state index < -0.39 is 35.0 Å². The van der Waals surface area contributed by atoms with Crippen molar-refractivity contribution in [2.24, 2.45) is 0 Å². The van der Waals surface area contributed by atoms with Crippen LogP contribution in [0.25, 0.3) is 11.1 Å². The minimum Gasteiger partial charge on any atom is -0.492 e. The monoisotopic (exact) mass is 886 g/mol. The second kappa shape index (κ2) is 16.7. The van der Waals surface area contributed by atoms with Crippen molar-refractivity contribution >= 4 is 46.9 Å². The van der Waals surface area contributed by atoms with Crippen molar-refractivity contribution in [3.8, 4) is 22.9 Å². The summed E-state index contributed by atoms with van der Waals surface area (Å²) in [4.78, 5) is 96.7. The maximum absolute atomic E-state index is 15.5. The van der Waals surface area contributed by atoms with Crippen LogP contribution in [0.1, 0.15) is 48.2 Å². The lowest BCUT2D eigenvalue weighted by molar-refractivity contribution is -0.124. The Hall–Kier alpha value is -7.70. The summed E-state index contributed by atoms with van der Waals surface area (Å²) in [5.74, 6) is -1.72. The van der Waals surface area contributed by atoms with E-state index in [0.29, 0.717) is 44.8 Å². The number of rotatable bonds is 9. The SMILES string of the molecule is Cc1cccnc1CN1CCC2(CC1)C(=O)N(c1ccc(-c3ccccc3)cc1N1C(=O)N(c3cnc(O)cn3)C3(CCN(Cc4ncccc4C)CC3)C1=O)C(=O)N2c1cnc(O)cn1. The number of likely N-dealkylation sites (tertiary alicyclic amines) is 2. The van der Waals surface area contributed by atoms with Gasteiger partial charge in [-0.15, -0.1) is 0 Å². The van der Waals surface area contributed by atoms with Gasteiger partial charge in [-0.05, 0) is 86.1 Å². The van der Waals surface area contributed by atoms with Crippen molar-refractivity contribution < 1.29 is 29.4 Å². The molecule has 0 bridgehead atoms. The first-order chi connectivity index (χ1) is 32.0. The highest BCUT2D eigenvalue weighted by molar-refractivity contribution is 6.35. The summed E-state index contributed by atoms with van der Waals surface area (Å²) in [5.41, 5.74) is 2.43. The average molecular weight is 887 g/mol. The quantitative estimate of drug-likeness (QED) is 0.166. The molecule has 0 saturated carbocycles. The highest BCUT2D eigenvalue weighted by Crippen LogP contribution is 2.49. The summed E-state index contributed by atoms with van der Waals surface area (Å²) >= 11 is 0. The molecule has 4 fully saturated rings. The maximum Gasteiger partial charge on any atom is 0.338 e. The van der Waals surface area contributed by atoms with E-state index in [1.807, 2.05) is 68.4 Å². The van der Waals surface area contributed by atoms with Gasteiger partial charge in [0.15, 0.2) is 11.6 Å². The van der Waals surface area contributed by atoms with E-state index in [0.717, 1.165) is 50.3 Å². The third-order valence-electron chi connectivity index (χ3n) is 13.4. The molecule has 0 aliphatic carbocycles. The van der Waals surface area contributed by atoms with Crippen LogP contribution in [-0.2, 0) is 22.7 Å². The molecule has 8 heterocycles. The molecule has 66 heavy (non-hydrogen) atoms. The summed E-state index contributed by atoms with van der Waals surface area (Å²) in [6.45, 7) is 6.78. The smallest absolute Gasteiger partial charge is 0.338 e. The Kier molecular flexibility index (Phi) is 10.7. The molecule has 2 N–H and O–H groups in total. The summed E-state index contributed by atoms with van der Waals surface area (Å²) in [6, 6.07) is 20.6. The summed E-state index contributed by atoms with van der Waals surface area (Å²) in [6.07, 6.45) is 9.10. The van der Waals surface area contributed by atoms with Crippen LogP contribution < -0.4 is 19.6 Å². The van der Waals surface area contributed by atoms with Crippen LogP contribution in [0.15, 0.2) is 110 Å². The van der Waals surface area contributed by atoms with Crippen LogP contribution >= 0.6 is 0 Å². The van der Waals surface area contributed by atoms with Crippen LogP contribution in [0.2, 0.25) is 0 Å². The van der Waals surface area contributed by atoms with E-state index in [1.165, 1.54) is 22.2 Å². The molecule has 4 aromatic heterocycles. The predicted octanol–water partition coefficient (Wildman–Crippen LogP) is 5.77. The molecule has 18 heteroatoms. The van der Waals surface area contributed by atoms with Gasteiger partial charge in [0.25, 0.3) is 11.8 Å². The Morgan fingerprint density at radius 2 is 0.985 bits per heavy atom. The van der Waals surface area contributed by atoms with Gasteiger partial charge in [0.1, 0.15) is 11.1 Å². The predicted molar refractivity (Wildman–Crippen MR) is 242 cm³/mol. The largest absolute Gasteiger partial charge is 0.492 e. The molecule has 334 valence electrons. The van der Waals surface area contributed by atoms with Crippen molar-refractivity contribution in [3.05, 3.63) is 132 Å². The number of anilines is 4. The van der Waals surface area contributed by atoms with Gasteiger partial charge in [-0.3, -0.25) is 39.2 Å². The first-order valence-electron chi connectivity index (χ1n) is 21.8. The van der Waals surface area contributed by atoms with E-state index in [4.69, 9.17) is 0 Å². The molecule has 0 unspecified atom stereocenters. The van der Waals surface area contributed by atoms with E-state index in [1.54, 1.807) is 30.6 Å². The van der Waals surface area contributed by atoms with E-state index in [-0.39, 0.29) is 60.5 Å². The molecular formula is C48H46N12O6. The zero-order valence-corrected chi connectivity index (χ0v) is 36.4. The van der Waals surface area contributed by atoms with Crippen molar-refractivity contribution in [2.45, 2.75) is 63.7 Å². The van der Waals surface area contributed by atoms with Gasteiger partial charge in [0.05, 0.1) is 47.6 Å². The molecular weight excluding hydrogens is 841 g/mol. The molecule has 4 saturated heterocycles. The molecule has 6 aromatic rings. The summed E-state index contributed by atoms with van der Waals surface area (Å²) in [7, 11) is 0. The fraction of sp³-hybridized carbons (Fsp3) is 0.292. The number of pyridine rings is 2. The zero-order chi connectivity index (χ0) is 45.7. The average Bonchev–Trinajstić information content (AvgIpc) is 3.67. The van der Waals surface area contributed by atoms with Crippen molar-refractivity contribution in [1.29, 1.82) is 0 Å². The van der Waals surface area contributed by atoms with Crippen molar-refractivity contribution in [1.82, 2.24) is 39.7 Å². The van der Waals surface area contributed by atoms with Gasteiger partial charge in [-0.1, -0.05) is 48.5 Å². The van der Waals surface area contributed by atoms with Crippen LogP contribution in [0.4, 0.5) is 32.6 Å². The fourth-order valence-electron chi connectivity index (χ4n) is 9.80. The van der Waals surface area contributed by atoms with Crippen LogP contribution in [0, 0.1) is 13.8 Å². The molecule has 0 radical (unpaired) electrons. The second-order valence-corrected chi connectivity index (χ2v) is 17.2. The number of aryl methyl sites for hydroxylation is 2. The number of amides is 6. The summed E-state index contributed by atoms with van der Waals surface area (Å²) in [5, 5.41) is 20.3. The number of aromatic nitrogens is 6. The van der Waals surface area contributed by atoms with Crippen LogP contribution in [0.5, 0.6) is 11.8 Å². The number of imide groups is 2. The fourth-order valence-corrected chi connectivity index (χ4v) is 9.80. The van der Waals surface area contributed by atoms with Gasteiger partial charge in [-0.25, -0.2) is 39.3 Å². The molecule has 6 amide bonds. The van der Waals surface area contributed by atoms with Gasteiger partial charge >= 0.3 is 12.1 Å². The summed E-state index contributed by atoms with van der Waals surface area (Å²) < 4.78 is 0. The highest BCUT2D eigenvalue weighted by Gasteiger charge is 2.63. The third-order valence-corrected chi connectivity index (χ3v) is 13.4. The molecule has 0 atom stereocenters. The lowest BCUT2D eigenvalue weighted by atomic mass is 9.85. The number of piperidine rings is 2. The van der Waals surface area contributed by atoms with Crippen molar-refractivity contribution in [2.75, 3.05) is 45.8 Å².